The van der Waals surface area contributed by atoms with Crippen LogP contribution in [0.15, 0.2) is 30.5 Å². The smallest absolute Gasteiger partial charge is 0.270 e. The van der Waals surface area contributed by atoms with E-state index in [0.29, 0.717) is 26.0 Å². The van der Waals surface area contributed by atoms with E-state index in [-0.39, 0.29) is 23.7 Å². The zero-order valence-electron chi connectivity index (χ0n) is 12.1. The van der Waals surface area contributed by atoms with Gasteiger partial charge in [0.1, 0.15) is 5.82 Å². The minimum absolute atomic E-state index is 0.129. The number of halogens is 3. The van der Waals surface area contributed by atoms with Crippen LogP contribution in [0.2, 0.25) is 10.0 Å². The van der Waals surface area contributed by atoms with Crippen molar-refractivity contribution in [1.82, 2.24) is 10.3 Å². The second-order valence-electron chi connectivity index (χ2n) is 4.59. The summed E-state index contributed by atoms with van der Waals surface area (Å²) in [5.74, 6) is 0.0697. The lowest BCUT2D eigenvalue weighted by Gasteiger charge is -2.09. The molecule has 1 aromatic carbocycles. The van der Waals surface area contributed by atoms with Crippen molar-refractivity contribution in [1.29, 1.82) is 0 Å². The van der Waals surface area contributed by atoms with E-state index < -0.39 is 4.92 Å². The third kappa shape index (κ3) is 4.92. The summed E-state index contributed by atoms with van der Waals surface area (Å²) in [6.45, 7) is 0.670. The van der Waals surface area contributed by atoms with Crippen molar-refractivity contribution in [2.24, 2.45) is 0 Å². The van der Waals surface area contributed by atoms with Gasteiger partial charge in [-0.3, -0.25) is 14.9 Å². The Labute approximate surface area is 161 Å². The number of anilines is 1. The number of hydrogen-bond acceptors (Lipinski definition) is 5. The minimum Gasteiger partial charge on any atom is -0.367 e. The number of pyridine rings is 1. The van der Waals surface area contributed by atoms with Crippen molar-refractivity contribution in [3.8, 4) is 0 Å². The number of hydrogen-bond donors (Lipinski definition) is 2. The van der Waals surface area contributed by atoms with Gasteiger partial charge in [0, 0.05) is 35.0 Å². The van der Waals surface area contributed by atoms with Gasteiger partial charge in [-0.05, 0) is 34.7 Å². The van der Waals surface area contributed by atoms with Crippen LogP contribution in [0.1, 0.15) is 10.4 Å². The van der Waals surface area contributed by atoms with Crippen LogP contribution < -0.4 is 10.6 Å². The van der Waals surface area contributed by atoms with Crippen molar-refractivity contribution in [3.63, 3.8) is 0 Å². The number of carbonyl (C=O) groups excluding carboxylic acids is 1. The van der Waals surface area contributed by atoms with Gasteiger partial charge >= 0.3 is 0 Å². The van der Waals surface area contributed by atoms with Gasteiger partial charge in [0.25, 0.3) is 11.6 Å². The Morgan fingerprint density at radius 1 is 1.29 bits per heavy atom. The number of rotatable bonds is 6. The van der Waals surface area contributed by atoms with Gasteiger partial charge in [0.2, 0.25) is 0 Å². The van der Waals surface area contributed by atoms with E-state index in [9.17, 15) is 14.9 Å². The molecule has 0 aliphatic rings. The van der Waals surface area contributed by atoms with Crippen LogP contribution in [0.3, 0.4) is 0 Å². The summed E-state index contributed by atoms with van der Waals surface area (Å²) in [7, 11) is 0. The monoisotopic (exact) mass is 480 g/mol. The highest BCUT2D eigenvalue weighted by molar-refractivity contribution is 14.1. The highest BCUT2D eigenvalue weighted by Crippen LogP contribution is 2.22. The van der Waals surface area contributed by atoms with E-state index in [1.54, 1.807) is 6.07 Å². The van der Waals surface area contributed by atoms with Crippen LogP contribution >= 0.6 is 45.8 Å². The lowest BCUT2D eigenvalue weighted by Crippen LogP contribution is -2.29. The average molecular weight is 481 g/mol. The van der Waals surface area contributed by atoms with E-state index in [4.69, 9.17) is 23.2 Å². The number of carbonyl (C=O) groups is 1. The fourth-order valence-corrected chi connectivity index (χ4v) is 2.82. The first-order chi connectivity index (χ1) is 11.4. The van der Waals surface area contributed by atoms with Gasteiger partial charge in [-0.1, -0.05) is 23.2 Å². The van der Waals surface area contributed by atoms with E-state index in [1.807, 2.05) is 22.6 Å². The topological polar surface area (TPSA) is 97.2 Å². The maximum absolute atomic E-state index is 12.1. The Balaban J connectivity index is 1.91. The fourth-order valence-electron chi connectivity index (χ4n) is 1.80. The second kappa shape index (κ2) is 8.45. The molecular weight excluding hydrogens is 470 g/mol. The first kappa shape index (κ1) is 18.7. The third-order valence-corrected chi connectivity index (χ3v) is 4.35. The standard InChI is InChI=1S/C14H11Cl2IN4O3/c15-8-5-11(16)13(20-7-8)18-3-4-19-14(22)10-6-9(21(23)24)1-2-12(10)17/h1-2,5-7H,3-4H2,(H,18,20)(H,19,22). The lowest BCUT2D eigenvalue weighted by molar-refractivity contribution is -0.384. The van der Waals surface area contributed by atoms with Gasteiger partial charge in [-0.2, -0.15) is 0 Å². The Morgan fingerprint density at radius 2 is 2.04 bits per heavy atom. The van der Waals surface area contributed by atoms with Crippen LogP contribution in [-0.2, 0) is 0 Å². The normalized spacial score (nSPS) is 10.3. The maximum atomic E-state index is 12.1. The summed E-state index contributed by atoms with van der Waals surface area (Å²) in [4.78, 5) is 26.4. The first-order valence-electron chi connectivity index (χ1n) is 6.65. The highest BCUT2D eigenvalue weighted by Gasteiger charge is 2.15. The molecule has 0 atom stereocenters. The number of nitro benzene ring substituents is 1. The quantitative estimate of drug-likeness (QED) is 0.284. The van der Waals surface area contributed by atoms with Crippen LogP contribution in [0.5, 0.6) is 0 Å². The number of amides is 1. The molecule has 2 aromatic rings. The van der Waals surface area contributed by atoms with Crippen molar-refractivity contribution >= 4 is 63.2 Å². The molecule has 0 saturated heterocycles. The molecule has 0 bridgehead atoms. The Morgan fingerprint density at radius 3 is 2.71 bits per heavy atom. The van der Waals surface area contributed by atoms with Gasteiger partial charge in [-0.25, -0.2) is 4.98 Å². The Hall–Kier alpha value is -1.65. The largest absolute Gasteiger partial charge is 0.367 e. The van der Waals surface area contributed by atoms with Crippen LogP contribution in [-0.4, -0.2) is 28.9 Å². The summed E-state index contributed by atoms with van der Waals surface area (Å²) in [6.07, 6.45) is 1.46. The second-order valence-corrected chi connectivity index (χ2v) is 6.59. The molecule has 2 rings (SSSR count). The van der Waals surface area contributed by atoms with Gasteiger partial charge in [0.05, 0.1) is 20.5 Å². The van der Waals surface area contributed by atoms with Crippen molar-refractivity contribution in [2.45, 2.75) is 0 Å². The van der Waals surface area contributed by atoms with E-state index in [1.165, 1.54) is 24.4 Å². The highest BCUT2D eigenvalue weighted by atomic mass is 127. The van der Waals surface area contributed by atoms with Crippen molar-refractivity contribution in [3.05, 3.63) is 59.8 Å². The van der Waals surface area contributed by atoms with E-state index in [2.05, 4.69) is 15.6 Å². The fraction of sp³-hybridized carbons (Fsp3) is 0.143. The maximum Gasteiger partial charge on any atom is 0.270 e. The molecule has 1 aromatic heterocycles. The molecule has 0 fully saturated rings. The predicted molar refractivity (Wildman–Crippen MR) is 101 cm³/mol. The number of nitrogens with zero attached hydrogens (tertiary/aromatic N) is 2. The van der Waals surface area contributed by atoms with Crippen LogP contribution in [0, 0.1) is 13.7 Å². The van der Waals surface area contributed by atoms with Crippen molar-refractivity contribution in [2.75, 3.05) is 18.4 Å². The number of non-ortho nitro benzene ring substituents is 1. The Bertz CT molecular complexity index is 789. The first-order valence-corrected chi connectivity index (χ1v) is 8.49. The molecule has 0 radical (unpaired) electrons. The Kier molecular flexibility index (Phi) is 6.58. The zero-order valence-corrected chi connectivity index (χ0v) is 15.7. The van der Waals surface area contributed by atoms with Gasteiger partial charge in [0.15, 0.2) is 0 Å². The number of nitrogens with one attached hydrogen (secondary N) is 2. The zero-order chi connectivity index (χ0) is 17.7. The average Bonchev–Trinajstić information content (AvgIpc) is 2.53. The minimum atomic E-state index is -0.539. The van der Waals surface area contributed by atoms with E-state index >= 15 is 0 Å². The summed E-state index contributed by atoms with van der Waals surface area (Å²) >= 11 is 13.7. The molecule has 1 heterocycles. The summed E-state index contributed by atoms with van der Waals surface area (Å²) < 4.78 is 0.631. The van der Waals surface area contributed by atoms with Gasteiger partial charge < -0.3 is 10.6 Å². The molecule has 0 aliphatic carbocycles. The molecule has 0 spiro atoms. The van der Waals surface area contributed by atoms with Crippen molar-refractivity contribution < 1.29 is 9.72 Å². The van der Waals surface area contributed by atoms with E-state index in [0.717, 1.165) is 0 Å². The molecule has 24 heavy (non-hydrogen) atoms. The lowest BCUT2D eigenvalue weighted by atomic mass is 10.2. The molecule has 1 amide bonds. The van der Waals surface area contributed by atoms with Crippen LogP contribution in [0.25, 0.3) is 0 Å². The molecule has 7 nitrogen and oxygen atoms in total. The van der Waals surface area contributed by atoms with Gasteiger partial charge in [-0.15, -0.1) is 0 Å². The molecule has 0 aliphatic heterocycles. The number of nitro groups is 1. The summed E-state index contributed by atoms with van der Waals surface area (Å²) in [6, 6.07) is 5.70. The molecular formula is C14H11Cl2IN4O3. The molecule has 0 saturated carbocycles. The molecule has 126 valence electrons. The number of aromatic nitrogens is 1. The molecule has 2 N–H and O–H groups in total. The third-order valence-electron chi connectivity index (χ3n) is 2.92. The SMILES string of the molecule is O=C(NCCNc1ncc(Cl)cc1Cl)c1cc([N+](=O)[O-])ccc1I. The van der Waals surface area contributed by atoms with Crippen LogP contribution in [0.4, 0.5) is 11.5 Å². The molecule has 10 heteroatoms. The summed E-state index contributed by atoms with van der Waals surface area (Å²) in [5, 5.41) is 17.2. The molecule has 0 unspecified atom stereocenters. The summed E-state index contributed by atoms with van der Waals surface area (Å²) in [5.41, 5.74) is 0.128. The predicted octanol–water partition coefficient (Wildman–Crippen LogP) is 3.74. The number of benzene rings is 1.